The first-order chi connectivity index (χ1) is 13.5. The van der Waals surface area contributed by atoms with Crippen LogP contribution in [0.5, 0.6) is 5.75 Å². The van der Waals surface area contributed by atoms with Crippen molar-refractivity contribution in [2.75, 3.05) is 30.3 Å². The number of hydrogen-bond donors (Lipinski definition) is 1. The van der Waals surface area contributed by atoms with Crippen molar-refractivity contribution in [1.82, 2.24) is 5.32 Å². The Labute approximate surface area is 165 Å². The van der Waals surface area contributed by atoms with Crippen LogP contribution < -0.4 is 14.4 Å². The molecule has 0 atom stereocenters. The van der Waals surface area contributed by atoms with E-state index in [2.05, 4.69) is 5.32 Å². The zero-order valence-electron chi connectivity index (χ0n) is 15.2. The number of anilines is 1. The first kappa shape index (κ1) is 22.5. The number of rotatable bonds is 8. The number of nitrogens with one attached hydrogen (secondary N) is 1. The molecular weight excluding hydrogens is 416 g/mol. The Hall–Kier alpha value is -2.82. The highest BCUT2D eigenvalue weighted by molar-refractivity contribution is 7.92. The molecule has 0 heterocycles. The average Bonchev–Trinajstić information content (AvgIpc) is 2.63. The fourth-order valence-electron chi connectivity index (χ4n) is 2.31. The van der Waals surface area contributed by atoms with Crippen LogP contribution in [0, 0.1) is 5.82 Å². The van der Waals surface area contributed by atoms with Gasteiger partial charge in [0, 0.05) is 0 Å². The van der Waals surface area contributed by atoms with Gasteiger partial charge in [-0.2, -0.15) is 13.2 Å². The zero-order chi connectivity index (χ0) is 21.7. The maximum atomic E-state index is 12.9. The van der Waals surface area contributed by atoms with Crippen molar-refractivity contribution in [3.8, 4) is 5.75 Å². The molecule has 0 radical (unpaired) electrons. The third kappa shape index (κ3) is 6.93. The highest BCUT2D eigenvalue weighted by Gasteiger charge is 2.31. The Morgan fingerprint density at radius 3 is 2.38 bits per heavy atom. The minimum absolute atomic E-state index is 0.0103. The van der Waals surface area contributed by atoms with Crippen molar-refractivity contribution in [2.24, 2.45) is 0 Å². The van der Waals surface area contributed by atoms with Gasteiger partial charge in [-0.05, 0) is 42.5 Å². The van der Waals surface area contributed by atoms with Gasteiger partial charge < -0.3 is 10.1 Å². The Balaban J connectivity index is 1.98. The summed E-state index contributed by atoms with van der Waals surface area (Å²) in [6, 6.07) is 8.89. The fourth-order valence-corrected chi connectivity index (χ4v) is 3.16. The molecule has 0 bridgehead atoms. The van der Waals surface area contributed by atoms with Crippen molar-refractivity contribution >= 4 is 21.6 Å². The normalized spacial score (nSPS) is 11.8. The summed E-state index contributed by atoms with van der Waals surface area (Å²) in [5, 5.41) is 2.42. The summed E-state index contributed by atoms with van der Waals surface area (Å²) in [6.45, 7) is -0.660. The summed E-state index contributed by atoms with van der Waals surface area (Å²) in [7, 11) is -4.01. The molecule has 0 spiro atoms. The lowest BCUT2D eigenvalue weighted by Crippen LogP contribution is -2.41. The number of carbonyl (C=O) groups excluding carboxylic acids is 1. The molecule has 11 heteroatoms. The van der Waals surface area contributed by atoms with Crippen molar-refractivity contribution < 1.29 is 35.5 Å². The van der Waals surface area contributed by atoms with Crippen molar-refractivity contribution in [3.05, 3.63) is 59.9 Å². The van der Waals surface area contributed by atoms with Crippen LogP contribution in [0.4, 0.5) is 23.2 Å². The maximum absolute atomic E-state index is 12.9. The number of amides is 1. The van der Waals surface area contributed by atoms with E-state index in [9.17, 15) is 30.8 Å². The molecule has 0 aromatic heterocycles. The van der Waals surface area contributed by atoms with Gasteiger partial charge in [0.1, 0.15) is 24.7 Å². The lowest BCUT2D eigenvalue weighted by molar-refractivity contribution is -0.137. The maximum Gasteiger partial charge on any atom is 0.416 e. The van der Waals surface area contributed by atoms with E-state index in [1.807, 2.05) is 0 Å². The molecule has 0 aliphatic carbocycles. The molecule has 29 heavy (non-hydrogen) atoms. The molecule has 2 aromatic carbocycles. The number of halogens is 4. The second kappa shape index (κ2) is 9.12. The van der Waals surface area contributed by atoms with Crippen LogP contribution in [0.25, 0.3) is 0 Å². The zero-order valence-corrected chi connectivity index (χ0v) is 16.1. The molecule has 6 nitrogen and oxygen atoms in total. The largest absolute Gasteiger partial charge is 0.492 e. The highest BCUT2D eigenvalue weighted by atomic mass is 32.2. The van der Waals surface area contributed by atoms with Gasteiger partial charge in [-0.25, -0.2) is 12.8 Å². The van der Waals surface area contributed by atoms with Crippen LogP contribution in [0.1, 0.15) is 5.56 Å². The predicted octanol–water partition coefficient (Wildman–Crippen LogP) is 2.81. The van der Waals surface area contributed by atoms with Crippen molar-refractivity contribution in [3.63, 3.8) is 0 Å². The van der Waals surface area contributed by atoms with E-state index in [1.54, 1.807) is 0 Å². The summed E-state index contributed by atoms with van der Waals surface area (Å²) in [5.74, 6) is -0.779. The van der Waals surface area contributed by atoms with Crippen LogP contribution in [-0.2, 0) is 21.0 Å². The van der Waals surface area contributed by atoms with Crippen LogP contribution in [0.3, 0.4) is 0 Å². The number of hydrogen-bond acceptors (Lipinski definition) is 4. The fraction of sp³-hybridized carbons (Fsp3) is 0.278. The number of nitrogens with zero attached hydrogens (tertiary/aromatic N) is 1. The third-order valence-corrected chi connectivity index (χ3v) is 4.80. The third-order valence-electron chi connectivity index (χ3n) is 3.66. The van der Waals surface area contributed by atoms with E-state index < -0.39 is 40.0 Å². The van der Waals surface area contributed by atoms with E-state index in [0.29, 0.717) is 16.1 Å². The predicted molar refractivity (Wildman–Crippen MR) is 98.5 cm³/mol. The second-order valence-electron chi connectivity index (χ2n) is 5.97. The number of ether oxygens (including phenoxy) is 1. The number of benzene rings is 2. The standard InChI is InChI=1S/C18H18F4N2O4S/c1-29(26,27)24(15-4-2-3-13(11-15)18(20,21)22)12-17(25)23-9-10-28-16-7-5-14(19)6-8-16/h2-8,11H,9-10,12H2,1H3,(H,23,25). The summed E-state index contributed by atoms with van der Waals surface area (Å²) < 4.78 is 81.3. The smallest absolute Gasteiger partial charge is 0.416 e. The van der Waals surface area contributed by atoms with Gasteiger partial charge in [0.15, 0.2) is 0 Å². The van der Waals surface area contributed by atoms with Gasteiger partial charge in [0.2, 0.25) is 15.9 Å². The first-order valence-electron chi connectivity index (χ1n) is 8.27. The quantitative estimate of drug-likeness (QED) is 0.512. The highest BCUT2D eigenvalue weighted by Crippen LogP contribution is 2.32. The van der Waals surface area contributed by atoms with Gasteiger partial charge in [0.05, 0.1) is 24.1 Å². The number of carbonyl (C=O) groups is 1. The molecule has 158 valence electrons. The molecule has 0 aliphatic heterocycles. The lowest BCUT2D eigenvalue weighted by Gasteiger charge is -2.22. The van der Waals surface area contributed by atoms with Gasteiger partial charge in [-0.15, -0.1) is 0 Å². The summed E-state index contributed by atoms with van der Waals surface area (Å²) >= 11 is 0. The molecule has 1 amide bonds. The average molecular weight is 434 g/mol. The van der Waals surface area contributed by atoms with Crippen molar-refractivity contribution in [2.45, 2.75) is 6.18 Å². The molecule has 0 saturated carbocycles. The van der Waals surface area contributed by atoms with E-state index in [1.165, 1.54) is 30.3 Å². The molecule has 2 rings (SSSR count). The lowest BCUT2D eigenvalue weighted by atomic mass is 10.2. The summed E-state index contributed by atoms with van der Waals surface area (Å²) in [5.41, 5.74) is -1.31. The van der Waals surface area contributed by atoms with Crippen LogP contribution in [0.15, 0.2) is 48.5 Å². The number of sulfonamides is 1. The van der Waals surface area contributed by atoms with Crippen LogP contribution >= 0.6 is 0 Å². The van der Waals surface area contributed by atoms with E-state index in [-0.39, 0.29) is 18.8 Å². The Morgan fingerprint density at radius 1 is 1.14 bits per heavy atom. The molecule has 0 saturated heterocycles. The van der Waals surface area contributed by atoms with Gasteiger partial charge in [-0.3, -0.25) is 9.10 Å². The molecule has 2 aromatic rings. The summed E-state index contributed by atoms with van der Waals surface area (Å²) in [4.78, 5) is 12.1. The van der Waals surface area contributed by atoms with Gasteiger partial charge in [0.25, 0.3) is 0 Å². The minimum atomic E-state index is -4.65. The Morgan fingerprint density at radius 2 is 1.79 bits per heavy atom. The Kier molecular flexibility index (Phi) is 7.07. The number of alkyl halides is 3. The van der Waals surface area contributed by atoms with E-state index >= 15 is 0 Å². The molecule has 1 N–H and O–H groups in total. The monoisotopic (exact) mass is 434 g/mol. The molecule has 0 aliphatic rings. The van der Waals surface area contributed by atoms with Crippen LogP contribution in [0.2, 0.25) is 0 Å². The van der Waals surface area contributed by atoms with Gasteiger partial charge in [-0.1, -0.05) is 6.07 Å². The Bertz CT molecular complexity index is 947. The first-order valence-corrected chi connectivity index (χ1v) is 10.1. The minimum Gasteiger partial charge on any atom is -0.492 e. The van der Waals surface area contributed by atoms with E-state index in [4.69, 9.17) is 4.74 Å². The topological polar surface area (TPSA) is 75.7 Å². The SMILES string of the molecule is CS(=O)(=O)N(CC(=O)NCCOc1ccc(F)cc1)c1cccc(C(F)(F)F)c1. The summed E-state index contributed by atoms with van der Waals surface area (Å²) in [6.07, 6.45) is -3.86. The molecular formula is C18H18F4N2O4S. The molecule has 0 unspecified atom stereocenters. The second-order valence-corrected chi connectivity index (χ2v) is 7.88. The van der Waals surface area contributed by atoms with Crippen molar-refractivity contribution in [1.29, 1.82) is 0 Å². The molecule has 0 fully saturated rings. The van der Waals surface area contributed by atoms with Gasteiger partial charge >= 0.3 is 6.18 Å². The van der Waals surface area contributed by atoms with E-state index in [0.717, 1.165) is 18.4 Å². The van der Waals surface area contributed by atoms with Crippen LogP contribution in [-0.4, -0.2) is 40.3 Å².